The Morgan fingerprint density at radius 1 is 1.13 bits per heavy atom. The molecule has 2 aromatic heterocycles. The van der Waals surface area contributed by atoms with E-state index in [1.807, 2.05) is 62.4 Å². The van der Waals surface area contributed by atoms with Crippen molar-refractivity contribution in [2.75, 3.05) is 5.32 Å². The van der Waals surface area contributed by atoms with E-state index in [1.165, 1.54) is 6.26 Å². The maximum Gasteiger partial charge on any atom is 0.250 e. The van der Waals surface area contributed by atoms with Crippen molar-refractivity contribution in [3.8, 4) is 23.4 Å². The van der Waals surface area contributed by atoms with Crippen LogP contribution in [0.3, 0.4) is 0 Å². The molecule has 4 aromatic rings. The minimum Gasteiger partial charge on any atom is -0.469 e. The molecule has 5 atom stereocenters. The second-order valence-corrected chi connectivity index (χ2v) is 12.7. The standard InChI is InChI=1S/C34H33N5O6/c1-16(2)26-32-39-27(31-36-20(14-35)15-43-31)29(45-32)34-21-7-5-6-8-23(21)37-33(34)44-25-10-9-18(12-22(25)34)11-19(30(42)38-26)13-24(40)28(41)17(3)4/h5-10,12,15-17,19,26,28,33,37,41H,11,13H2,1-4H3,(H,38,42)/t19?,26-,28-,33-,34?/m0/s1. The van der Waals surface area contributed by atoms with Crippen molar-refractivity contribution in [3.63, 3.8) is 0 Å². The zero-order valence-corrected chi connectivity index (χ0v) is 25.3. The van der Waals surface area contributed by atoms with Gasteiger partial charge in [-0.05, 0) is 41.5 Å². The third-order valence-corrected chi connectivity index (χ3v) is 9.06. The number of aliphatic hydroxyl groups excluding tert-OH is 1. The topological polar surface area (TPSA) is 164 Å². The molecule has 5 heterocycles. The predicted molar refractivity (Wildman–Crippen MR) is 161 cm³/mol. The van der Waals surface area contributed by atoms with Crippen molar-refractivity contribution in [2.45, 2.75) is 64.3 Å². The van der Waals surface area contributed by atoms with E-state index < -0.39 is 29.7 Å². The Bertz CT molecular complexity index is 1870. The van der Waals surface area contributed by atoms with Crippen molar-refractivity contribution < 1.29 is 28.3 Å². The lowest BCUT2D eigenvalue weighted by Gasteiger charge is -2.28. The van der Waals surface area contributed by atoms with Gasteiger partial charge in [0.25, 0.3) is 0 Å². The van der Waals surface area contributed by atoms with Gasteiger partial charge in [0.1, 0.15) is 35.6 Å². The number of Topliss-reactive ketones (excluding diaryl/α,β-unsaturated/α-hetero) is 1. The van der Waals surface area contributed by atoms with Crippen molar-refractivity contribution in [2.24, 2.45) is 17.8 Å². The third kappa shape index (κ3) is 4.43. The highest BCUT2D eigenvalue weighted by Gasteiger charge is 2.61. The SMILES string of the molecule is CC(C)[C@H](O)C(=O)CC1Cc2ccc3c(c2)C2(c4ccccc4N[C@H]2O3)c2oc(nc2-c2nc(C#N)co2)[C@H](C(C)C)NC1=O. The van der Waals surface area contributed by atoms with Crippen LogP contribution in [0.15, 0.2) is 57.6 Å². The molecule has 0 saturated carbocycles. The molecule has 3 aliphatic rings. The molecule has 11 nitrogen and oxygen atoms in total. The van der Waals surface area contributed by atoms with Crippen LogP contribution in [0, 0.1) is 29.1 Å². The Morgan fingerprint density at radius 2 is 1.93 bits per heavy atom. The predicted octanol–water partition coefficient (Wildman–Crippen LogP) is 4.64. The number of fused-ring (bicyclic) bond motifs is 4. The number of benzene rings is 2. The van der Waals surface area contributed by atoms with Crippen molar-refractivity contribution in [1.82, 2.24) is 15.3 Å². The fourth-order valence-corrected chi connectivity index (χ4v) is 6.73. The molecule has 0 radical (unpaired) electrons. The van der Waals surface area contributed by atoms with Crippen LogP contribution in [-0.2, 0) is 21.4 Å². The van der Waals surface area contributed by atoms with Gasteiger partial charge in [-0.3, -0.25) is 9.59 Å². The van der Waals surface area contributed by atoms with Gasteiger partial charge in [-0.2, -0.15) is 10.2 Å². The summed E-state index contributed by atoms with van der Waals surface area (Å²) in [6, 6.07) is 15.0. The zero-order valence-electron chi connectivity index (χ0n) is 25.3. The molecule has 0 saturated heterocycles. The monoisotopic (exact) mass is 607 g/mol. The molecule has 7 rings (SSSR count). The second-order valence-electron chi connectivity index (χ2n) is 12.7. The van der Waals surface area contributed by atoms with Gasteiger partial charge in [-0.15, -0.1) is 0 Å². The van der Waals surface area contributed by atoms with Crippen LogP contribution < -0.4 is 15.4 Å². The van der Waals surface area contributed by atoms with Crippen LogP contribution in [0.25, 0.3) is 11.6 Å². The van der Waals surface area contributed by atoms with Crippen molar-refractivity contribution >= 4 is 17.4 Å². The number of nitrogens with one attached hydrogen (secondary N) is 2. The Hall–Kier alpha value is -4.95. The largest absolute Gasteiger partial charge is 0.469 e. The summed E-state index contributed by atoms with van der Waals surface area (Å²) in [6.07, 6.45) is -0.380. The van der Waals surface area contributed by atoms with E-state index in [0.29, 0.717) is 17.2 Å². The van der Waals surface area contributed by atoms with E-state index in [0.717, 1.165) is 22.4 Å². The van der Waals surface area contributed by atoms with Gasteiger partial charge < -0.3 is 29.3 Å². The summed E-state index contributed by atoms with van der Waals surface area (Å²) in [6.45, 7) is 7.42. The Balaban J connectivity index is 1.48. The molecule has 1 spiro atoms. The van der Waals surface area contributed by atoms with Crippen molar-refractivity contribution in [3.05, 3.63) is 82.8 Å². The number of anilines is 1. The number of para-hydroxylation sites is 1. The summed E-state index contributed by atoms with van der Waals surface area (Å²) in [5.41, 5.74) is 2.73. The fraction of sp³-hybridized carbons (Fsp3) is 0.382. The van der Waals surface area contributed by atoms with Gasteiger partial charge in [-0.25, -0.2) is 4.98 Å². The van der Waals surface area contributed by atoms with Gasteiger partial charge in [0.15, 0.2) is 29.2 Å². The molecular weight excluding hydrogens is 574 g/mol. The zero-order chi connectivity index (χ0) is 31.6. The van der Waals surface area contributed by atoms with E-state index in [4.69, 9.17) is 18.6 Å². The highest BCUT2D eigenvalue weighted by molar-refractivity contribution is 5.89. The Labute approximate surface area is 259 Å². The fourth-order valence-electron chi connectivity index (χ4n) is 6.73. The molecule has 2 unspecified atom stereocenters. The molecule has 1 amide bonds. The number of nitrogens with zero attached hydrogens (tertiary/aromatic N) is 3. The number of hydrogen-bond acceptors (Lipinski definition) is 10. The van der Waals surface area contributed by atoms with Gasteiger partial charge in [0.05, 0.1) is 0 Å². The lowest BCUT2D eigenvalue weighted by Crippen LogP contribution is -2.41. The number of hydrogen-bond donors (Lipinski definition) is 3. The second kappa shape index (κ2) is 10.6. The molecule has 11 heteroatoms. The average molecular weight is 608 g/mol. The van der Waals surface area contributed by atoms with Crippen LogP contribution in [0.5, 0.6) is 5.75 Å². The number of carbonyl (C=O) groups is 2. The summed E-state index contributed by atoms with van der Waals surface area (Å²) in [4.78, 5) is 36.3. The number of nitriles is 1. The van der Waals surface area contributed by atoms with E-state index in [-0.39, 0.29) is 53.8 Å². The number of ether oxygens (including phenoxy) is 1. The molecule has 230 valence electrons. The van der Waals surface area contributed by atoms with Gasteiger partial charge >= 0.3 is 0 Å². The molecule has 0 fully saturated rings. The first-order chi connectivity index (χ1) is 21.6. The highest BCUT2D eigenvalue weighted by atomic mass is 16.5. The van der Waals surface area contributed by atoms with Gasteiger partial charge in [-0.1, -0.05) is 58.0 Å². The van der Waals surface area contributed by atoms with Gasteiger partial charge in [0, 0.05) is 23.6 Å². The lowest BCUT2D eigenvalue weighted by atomic mass is 9.72. The summed E-state index contributed by atoms with van der Waals surface area (Å²) >= 11 is 0. The minimum absolute atomic E-state index is 0.0904. The van der Waals surface area contributed by atoms with Crippen LogP contribution in [0.2, 0.25) is 0 Å². The molecule has 45 heavy (non-hydrogen) atoms. The summed E-state index contributed by atoms with van der Waals surface area (Å²) in [5, 5.41) is 26.7. The van der Waals surface area contributed by atoms with Crippen LogP contribution in [-0.4, -0.2) is 39.1 Å². The first kappa shape index (κ1) is 28.8. The van der Waals surface area contributed by atoms with E-state index in [9.17, 15) is 20.0 Å². The van der Waals surface area contributed by atoms with Gasteiger partial charge in [0.2, 0.25) is 17.7 Å². The quantitative estimate of drug-likeness (QED) is 0.281. The molecule has 3 aliphatic heterocycles. The first-order valence-electron chi connectivity index (χ1n) is 15.2. The smallest absolute Gasteiger partial charge is 0.250 e. The molecule has 2 aromatic carbocycles. The number of rotatable bonds is 6. The highest BCUT2D eigenvalue weighted by Crippen LogP contribution is 2.59. The van der Waals surface area contributed by atoms with Crippen LogP contribution in [0.1, 0.15) is 74.2 Å². The summed E-state index contributed by atoms with van der Waals surface area (Å²) < 4.78 is 19.1. The number of amides is 1. The summed E-state index contributed by atoms with van der Waals surface area (Å²) in [7, 11) is 0. The lowest BCUT2D eigenvalue weighted by molar-refractivity contribution is -0.135. The number of carbonyl (C=O) groups excluding carboxylic acids is 2. The molecule has 3 N–H and O–H groups in total. The number of oxazole rings is 2. The van der Waals surface area contributed by atoms with E-state index in [2.05, 4.69) is 15.6 Å². The van der Waals surface area contributed by atoms with Crippen LogP contribution >= 0.6 is 0 Å². The first-order valence-corrected chi connectivity index (χ1v) is 15.2. The summed E-state index contributed by atoms with van der Waals surface area (Å²) in [5.74, 6) is -0.552. The molecule has 0 aliphatic carbocycles. The number of aromatic nitrogens is 2. The third-order valence-electron chi connectivity index (χ3n) is 9.06. The van der Waals surface area contributed by atoms with E-state index in [1.54, 1.807) is 13.8 Å². The van der Waals surface area contributed by atoms with Crippen LogP contribution in [0.4, 0.5) is 5.69 Å². The van der Waals surface area contributed by atoms with E-state index >= 15 is 0 Å². The normalized spacial score (nSPS) is 23.6. The average Bonchev–Trinajstić information content (AvgIpc) is 3.79. The molecular formula is C34H33N5O6. The number of ketones is 1. The maximum absolute atomic E-state index is 14.0. The Kier molecular flexibility index (Phi) is 6.78. The Morgan fingerprint density at radius 3 is 2.67 bits per heavy atom. The maximum atomic E-state index is 14.0. The number of aliphatic hydroxyl groups is 1. The van der Waals surface area contributed by atoms with Crippen molar-refractivity contribution in [1.29, 1.82) is 5.26 Å². The minimum atomic E-state index is -1.17. The molecule has 4 bridgehead atoms.